The lowest BCUT2D eigenvalue weighted by Gasteiger charge is -2.26. The van der Waals surface area contributed by atoms with Crippen molar-refractivity contribution in [2.75, 3.05) is 40.6 Å². The molecule has 0 saturated heterocycles. The first kappa shape index (κ1) is 18.0. The third kappa shape index (κ3) is 8.18. The molecule has 0 rings (SSSR count). The summed E-state index contributed by atoms with van der Waals surface area (Å²) in [5.41, 5.74) is 0. The van der Waals surface area contributed by atoms with Gasteiger partial charge in [0.05, 0.1) is 0 Å². The first-order chi connectivity index (χ1) is 8.74. The SMILES string of the molecule is CCCO[Si](OC)(OCCC)OCCCCOC. The van der Waals surface area contributed by atoms with Gasteiger partial charge < -0.3 is 22.4 Å². The molecule has 0 aliphatic carbocycles. The van der Waals surface area contributed by atoms with E-state index in [0.717, 1.165) is 32.3 Å². The second-order valence-corrected chi connectivity index (χ2v) is 6.22. The molecule has 0 aromatic rings. The first-order valence-corrected chi connectivity index (χ1v) is 8.33. The van der Waals surface area contributed by atoms with Gasteiger partial charge in [0, 0.05) is 40.6 Å². The van der Waals surface area contributed by atoms with E-state index in [2.05, 4.69) is 0 Å². The number of ether oxygens (including phenoxy) is 1. The summed E-state index contributed by atoms with van der Waals surface area (Å²) >= 11 is 0. The zero-order valence-electron chi connectivity index (χ0n) is 12.2. The van der Waals surface area contributed by atoms with Gasteiger partial charge >= 0.3 is 9.05 Å². The Labute approximate surface area is 112 Å². The van der Waals surface area contributed by atoms with E-state index in [1.54, 1.807) is 14.2 Å². The van der Waals surface area contributed by atoms with Crippen LogP contribution in [0, 0.1) is 0 Å². The van der Waals surface area contributed by atoms with Crippen molar-refractivity contribution in [2.45, 2.75) is 39.5 Å². The van der Waals surface area contributed by atoms with Crippen LogP contribution in [-0.2, 0) is 22.4 Å². The maximum atomic E-state index is 5.75. The van der Waals surface area contributed by atoms with Crippen LogP contribution in [0.3, 0.4) is 0 Å². The molecule has 0 unspecified atom stereocenters. The smallest absolute Gasteiger partial charge is 0.385 e. The molecule has 0 aromatic heterocycles. The van der Waals surface area contributed by atoms with Crippen molar-refractivity contribution in [2.24, 2.45) is 0 Å². The average Bonchev–Trinajstić information content (AvgIpc) is 2.41. The monoisotopic (exact) mass is 280 g/mol. The summed E-state index contributed by atoms with van der Waals surface area (Å²) in [5, 5.41) is 0. The second-order valence-electron chi connectivity index (χ2n) is 3.95. The van der Waals surface area contributed by atoms with Crippen LogP contribution in [0.15, 0.2) is 0 Å². The lowest BCUT2D eigenvalue weighted by molar-refractivity contribution is -0.0235. The van der Waals surface area contributed by atoms with Crippen molar-refractivity contribution in [3.63, 3.8) is 0 Å². The molecule has 110 valence electrons. The highest BCUT2D eigenvalue weighted by Gasteiger charge is 2.44. The summed E-state index contributed by atoms with van der Waals surface area (Å²) in [4.78, 5) is 0. The molecule has 0 amide bonds. The largest absolute Gasteiger partial charge is 0.679 e. The number of hydrogen-bond donors (Lipinski definition) is 0. The maximum absolute atomic E-state index is 5.75. The molecule has 0 fully saturated rings. The van der Waals surface area contributed by atoms with Crippen LogP contribution >= 0.6 is 0 Å². The van der Waals surface area contributed by atoms with Crippen molar-refractivity contribution < 1.29 is 22.4 Å². The van der Waals surface area contributed by atoms with Gasteiger partial charge in [0.25, 0.3) is 0 Å². The van der Waals surface area contributed by atoms with Gasteiger partial charge in [-0.3, -0.25) is 0 Å². The Kier molecular flexibility index (Phi) is 12.1. The quantitative estimate of drug-likeness (QED) is 0.383. The minimum atomic E-state index is -2.91. The average molecular weight is 280 g/mol. The van der Waals surface area contributed by atoms with Gasteiger partial charge in [0.15, 0.2) is 0 Å². The van der Waals surface area contributed by atoms with Crippen LogP contribution < -0.4 is 0 Å². The molecule has 6 heteroatoms. The Balaban J connectivity index is 4.07. The summed E-state index contributed by atoms with van der Waals surface area (Å²) in [7, 11) is 0.376. The molecule has 0 aliphatic rings. The lowest BCUT2D eigenvalue weighted by atomic mass is 10.3. The topological polar surface area (TPSA) is 46.2 Å². The van der Waals surface area contributed by atoms with E-state index in [9.17, 15) is 0 Å². The predicted octanol–water partition coefficient (Wildman–Crippen LogP) is 2.36. The van der Waals surface area contributed by atoms with Crippen LogP contribution in [0.5, 0.6) is 0 Å². The van der Waals surface area contributed by atoms with E-state index < -0.39 is 9.05 Å². The van der Waals surface area contributed by atoms with E-state index in [1.807, 2.05) is 13.8 Å². The van der Waals surface area contributed by atoms with Gasteiger partial charge in [0.2, 0.25) is 0 Å². The van der Waals surface area contributed by atoms with Crippen molar-refractivity contribution in [1.29, 1.82) is 0 Å². The fourth-order valence-electron chi connectivity index (χ4n) is 1.30. The molecule has 0 N–H and O–H groups in total. The fraction of sp³-hybridized carbons (Fsp3) is 1.00. The number of unbranched alkanes of at least 4 members (excludes halogenated alkanes) is 1. The Bertz CT molecular complexity index is 172. The molecular weight excluding hydrogens is 252 g/mol. The molecule has 0 radical (unpaired) electrons. The van der Waals surface area contributed by atoms with E-state index in [-0.39, 0.29) is 0 Å². The third-order valence-electron chi connectivity index (χ3n) is 2.24. The van der Waals surface area contributed by atoms with Gasteiger partial charge in [-0.2, -0.15) is 0 Å². The molecule has 0 spiro atoms. The zero-order chi connectivity index (χ0) is 13.7. The summed E-state index contributed by atoms with van der Waals surface area (Å²) in [6.07, 6.45) is 3.71. The molecule has 0 saturated carbocycles. The van der Waals surface area contributed by atoms with E-state index in [1.165, 1.54) is 0 Å². The van der Waals surface area contributed by atoms with Crippen LogP contribution in [0.25, 0.3) is 0 Å². The van der Waals surface area contributed by atoms with Crippen molar-refractivity contribution in [3.8, 4) is 0 Å². The van der Waals surface area contributed by atoms with Crippen LogP contribution in [0.1, 0.15) is 39.5 Å². The van der Waals surface area contributed by atoms with Crippen molar-refractivity contribution in [1.82, 2.24) is 0 Å². The highest BCUT2D eigenvalue weighted by molar-refractivity contribution is 6.53. The van der Waals surface area contributed by atoms with E-state index >= 15 is 0 Å². The van der Waals surface area contributed by atoms with Crippen LogP contribution in [0.2, 0.25) is 0 Å². The summed E-state index contributed by atoms with van der Waals surface area (Å²) in [6.45, 7) is 6.62. The molecule has 0 bridgehead atoms. The molecule has 18 heavy (non-hydrogen) atoms. The molecule has 0 aromatic carbocycles. The molecule has 0 atom stereocenters. The predicted molar refractivity (Wildman–Crippen MR) is 72.3 cm³/mol. The number of methoxy groups -OCH3 is 1. The van der Waals surface area contributed by atoms with Gasteiger partial charge in [-0.1, -0.05) is 13.8 Å². The van der Waals surface area contributed by atoms with Crippen LogP contribution in [0.4, 0.5) is 0 Å². The Morgan fingerprint density at radius 1 is 0.722 bits per heavy atom. The maximum Gasteiger partial charge on any atom is 0.679 e. The highest BCUT2D eigenvalue weighted by atomic mass is 28.4. The van der Waals surface area contributed by atoms with Crippen molar-refractivity contribution >= 4 is 9.05 Å². The molecular formula is C12H28O5Si. The fourth-order valence-corrected chi connectivity index (χ4v) is 3.21. The highest BCUT2D eigenvalue weighted by Crippen LogP contribution is 2.12. The summed E-state index contributed by atoms with van der Waals surface area (Å²) < 4.78 is 27.5. The van der Waals surface area contributed by atoms with Gasteiger partial charge in [-0.15, -0.1) is 0 Å². The minimum Gasteiger partial charge on any atom is -0.385 e. The minimum absolute atomic E-state index is 0.580. The summed E-state index contributed by atoms with van der Waals surface area (Å²) in [6, 6.07) is 0. The summed E-state index contributed by atoms with van der Waals surface area (Å²) in [5.74, 6) is 0. The first-order valence-electron chi connectivity index (χ1n) is 6.70. The molecule has 0 aliphatic heterocycles. The third-order valence-corrected chi connectivity index (χ3v) is 4.41. The Morgan fingerprint density at radius 3 is 1.67 bits per heavy atom. The zero-order valence-corrected chi connectivity index (χ0v) is 13.2. The molecule has 0 heterocycles. The molecule has 5 nitrogen and oxygen atoms in total. The Hall–Kier alpha value is 0.0169. The Morgan fingerprint density at radius 2 is 1.22 bits per heavy atom. The van der Waals surface area contributed by atoms with Gasteiger partial charge in [0.1, 0.15) is 0 Å². The van der Waals surface area contributed by atoms with Crippen LogP contribution in [-0.4, -0.2) is 49.7 Å². The normalized spacial score (nSPS) is 12.0. The van der Waals surface area contributed by atoms with Gasteiger partial charge in [-0.25, -0.2) is 0 Å². The second kappa shape index (κ2) is 12.1. The standard InChI is InChI=1S/C12H28O5Si/c1-5-9-15-18(14-4,16-10-6-2)17-12-8-7-11-13-3/h5-12H2,1-4H3. The van der Waals surface area contributed by atoms with Gasteiger partial charge in [-0.05, 0) is 25.7 Å². The lowest BCUT2D eigenvalue weighted by Crippen LogP contribution is -2.49. The van der Waals surface area contributed by atoms with Crippen molar-refractivity contribution in [3.05, 3.63) is 0 Å². The van der Waals surface area contributed by atoms with E-state index in [0.29, 0.717) is 19.8 Å². The van der Waals surface area contributed by atoms with E-state index in [4.69, 9.17) is 22.4 Å². The number of hydrogen-bond acceptors (Lipinski definition) is 5. The number of rotatable bonds is 13.